The summed E-state index contributed by atoms with van der Waals surface area (Å²) >= 11 is 0. The highest BCUT2D eigenvalue weighted by Gasteiger charge is 2.06. The fourth-order valence-corrected chi connectivity index (χ4v) is 1.53. The van der Waals surface area contributed by atoms with Crippen molar-refractivity contribution in [3.8, 4) is 11.5 Å². The Morgan fingerprint density at radius 2 is 2.00 bits per heavy atom. The lowest BCUT2D eigenvalue weighted by atomic mass is 10.2. The Morgan fingerprint density at radius 1 is 1.21 bits per heavy atom. The SMILES string of the molecule is COC(=O)CCCCOc1cc(C=O)ccc1OC. The number of aldehydes is 1. The highest BCUT2D eigenvalue weighted by atomic mass is 16.5. The maximum Gasteiger partial charge on any atom is 0.305 e. The Kier molecular flexibility index (Phi) is 6.43. The molecule has 1 rings (SSSR count). The van der Waals surface area contributed by atoms with Gasteiger partial charge < -0.3 is 14.2 Å². The van der Waals surface area contributed by atoms with Gasteiger partial charge in [-0.3, -0.25) is 9.59 Å². The van der Waals surface area contributed by atoms with E-state index in [-0.39, 0.29) is 5.97 Å². The fraction of sp³-hybridized carbons (Fsp3) is 0.429. The Balaban J connectivity index is 2.43. The van der Waals surface area contributed by atoms with Crippen LogP contribution >= 0.6 is 0 Å². The molecule has 0 saturated heterocycles. The van der Waals surface area contributed by atoms with Gasteiger partial charge in [-0.1, -0.05) is 0 Å². The van der Waals surface area contributed by atoms with Crippen LogP contribution in [0, 0.1) is 0 Å². The van der Waals surface area contributed by atoms with Crippen LogP contribution < -0.4 is 9.47 Å². The minimum absolute atomic E-state index is 0.222. The lowest BCUT2D eigenvalue weighted by Gasteiger charge is -2.10. The van der Waals surface area contributed by atoms with E-state index in [9.17, 15) is 9.59 Å². The first-order chi connectivity index (χ1) is 9.21. The van der Waals surface area contributed by atoms with E-state index in [0.29, 0.717) is 36.5 Å². The normalized spacial score (nSPS) is 9.79. The van der Waals surface area contributed by atoms with E-state index in [1.807, 2.05) is 0 Å². The molecule has 0 radical (unpaired) electrons. The minimum atomic E-state index is -0.222. The summed E-state index contributed by atoms with van der Waals surface area (Å²) in [6.45, 7) is 0.454. The lowest BCUT2D eigenvalue weighted by molar-refractivity contribution is -0.140. The fourth-order valence-electron chi connectivity index (χ4n) is 1.53. The van der Waals surface area contributed by atoms with E-state index in [4.69, 9.17) is 9.47 Å². The number of methoxy groups -OCH3 is 2. The largest absolute Gasteiger partial charge is 0.493 e. The van der Waals surface area contributed by atoms with E-state index in [1.54, 1.807) is 25.3 Å². The van der Waals surface area contributed by atoms with Crippen molar-refractivity contribution >= 4 is 12.3 Å². The Hall–Kier alpha value is -2.04. The molecule has 0 aliphatic rings. The van der Waals surface area contributed by atoms with Crippen molar-refractivity contribution in [3.63, 3.8) is 0 Å². The second kappa shape index (κ2) is 8.13. The van der Waals surface area contributed by atoms with E-state index >= 15 is 0 Å². The molecule has 0 aliphatic heterocycles. The van der Waals surface area contributed by atoms with Crippen LogP contribution in [0.4, 0.5) is 0 Å². The van der Waals surface area contributed by atoms with Crippen molar-refractivity contribution in [1.29, 1.82) is 0 Å². The summed E-state index contributed by atoms with van der Waals surface area (Å²) in [6, 6.07) is 4.98. The number of unbranched alkanes of at least 4 members (excludes halogenated alkanes) is 1. The maximum atomic E-state index is 10.9. The smallest absolute Gasteiger partial charge is 0.305 e. The number of esters is 1. The van der Waals surface area contributed by atoms with Crippen LogP contribution in [0.2, 0.25) is 0 Å². The molecule has 0 unspecified atom stereocenters. The second-order valence-corrected chi connectivity index (χ2v) is 3.91. The van der Waals surface area contributed by atoms with Crippen LogP contribution in [0.3, 0.4) is 0 Å². The summed E-state index contributed by atoms with van der Waals surface area (Å²) in [5.41, 5.74) is 0.533. The van der Waals surface area contributed by atoms with E-state index in [0.717, 1.165) is 12.7 Å². The standard InChI is InChI=1S/C14H18O5/c1-17-12-7-6-11(10-15)9-13(12)19-8-4-3-5-14(16)18-2/h6-7,9-10H,3-5,8H2,1-2H3. The molecule has 0 spiro atoms. The molecular weight excluding hydrogens is 248 g/mol. The first-order valence-corrected chi connectivity index (χ1v) is 6.04. The van der Waals surface area contributed by atoms with Crippen LogP contribution in [-0.2, 0) is 9.53 Å². The number of ether oxygens (including phenoxy) is 3. The molecule has 0 aromatic heterocycles. The highest BCUT2D eigenvalue weighted by molar-refractivity contribution is 5.76. The van der Waals surface area contributed by atoms with Crippen molar-refractivity contribution < 1.29 is 23.8 Å². The van der Waals surface area contributed by atoms with Gasteiger partial charge in [0.25, 0.3) is 0 Å². The van der Waals surface area contributed by atoms with Crippen molar-refractivity contribution in [2.24, 2.45) is 0 Å². The molecule has 0 atom stereocenters. The highest BCUT2D eigenvalue weighted by Crippen LogP contribution is 2.27. The summed E-state index contributed by atoms with van der Waals surface area (Å²) in [7, 11) is 2.91. The van der Waals surface area contributed by atoms with Gasteiger partial charge in [0.05, 0.1) is 20.8 Å². The summed E-state index contributed by atoms with van der Waals surface area (Å²) in [5, 5.41) is 0. The number of benzene rings is 1. The van der Waals surface area contributed by atoms with Gasteiger partial charge in [0.2, 0.25) is 0 Å². The molecular formula is C14H18O5. The van der Waals surface area contributed by atoms with Gasteiger partial charge in [-0.2, -0.15) is 0 Å². The maximum absolute atomic E-state index is 10.9. The Bertz CT molecular complexity index is 428. The van der Waals surface area contributed by atoms with Gasteiger partial charge in [-0.25, -0.2) is 0 Å². The molecule has 0 aliphatic carbocycles. The third kappa shape index (κ3) is 4.99. The molecule has 104 valence electrons. The summed E-state index contributed by atoms with van der Waals surface area (Å²) < 4.78 is 15.2. The molecule has 1 aromatic rings. The van der Waals surface area contributed by atoms with Gasteiger partial charge in [0.1, 0.15) is 6.29 Å². The van der Waals surface area contributed by atoms with Crippen LogP contribution in [-0.4, -0.2) is 33.1 Å². The average molecular weight is 266 g/mol. The predicted molar refractivity (Wildman–Crippen MR) is 69.7 cm³/mol. The van der Waals surface area contributed by atoms with Crippen molar-refractivity contribution in [2.45, 2.75) is 19.3 Å². The third-order valence-electron chi connectivity index (χ3n) is 2.58. The first-order valence-electron chi connectivity index (χ1n) is 6.04. The molecule has 1 aromatic carbocycles. The van der Waals surface area contributed by atoms with E-state index in [2.05, 4.69) is 4.74 Å². The van der Waals surface area contributed by atoms with Crippen LogP contribution in [0.15, 0.2) is 18.2 Å². The second-order valence-electron chi connectivity index (χ2n) is 3.91. The minimum Gasteiger partial charge on any atom is -0.493 e. The van der Waals surface area contributed by atoms with Gasteiger partial charge in [0, 0.05) is 12.0 Å². The number of carbonyl (C=O) groups is 2. The van der Waals surface area contributed by atoms with Gasteiger partial charge >= 0.3 is 5.97 Å². The third-order valence-corrected chi connectivity index (χ3v) is 2.58. The summed E-state index contributed by atoms with van der Waals surface area (Å²) in [6.07, 6.45) is 2.56. The zero-order valence-corrected chi connectivity index (χ0v) is 11.2. The van der Waals surface area contributed by atoms with Crippen LogP contribution in [0.1, 0.15) is 29.6 Å². The molecule has 0 amide bonds. The topological polar surface area (TPSA) is 61.8 Å². The molecule has 19 heavy (non-hydrogen) atoms. The quantitative estimate of drug-likeness (QED) is 0.410. The molecule has 0 saturated carbocycles. The van der Waals surface area contributed by atoms with E-state index in [1.165, 1.54) is 7.11 Å². The molecule has 5 nitrogen and oxygen atoms in total. The zero-order chi connectivity index (χ0) is 14.1. The number of hydrogen-bond acceptors (Lipinski definition) is 5. The molecule has 0 heterocycles. The zero-order valence-electron chi connectivity index (χ0n) is 11.2. The van der Waals surface area contributed by atoms with E-state index < -0.39 is 0 Å². The number of rotatable bonds is 8. The predicted octanol–water partition coefficient (Wildman–Crippen LogP) is 2.23. The van der Waals surface area contributed by atoms with Gasteiger partial charge in [-0.15, -0.1) is 0 Å². The van der Waals surface area contributed by atoms with Crippen molar-refractivity contribution in [1.82, 2.24) is 0 Å². The first kappa shape index (κ1) is 15.0. The Morgan fingerprint density at radius 3 is 2.63 bits per heavy atom. The molecule has 5 heteroatoms. The van der Waals surface area contributed by atoms with Crippen molar-refractivity contribution in [2.75, 3.05) is 20.8 Å². The van der Waals surface area contributed by atoms with Crippen LogP contribution in [0.5, 0.6) is 11.5 Å². The molecule has 0 fully saturated rings. The average Bonchev–Trinajstić information content (AvgIpc) is 2.46. The molecule has 0 bridgehead atoms. The Labute approximate surface area is 112 Å². The lowest BCUT2D eigenvalue weighted by Crippen LogP contribution is -2.03. The summed E-state index contributed by atoms with van der Waals surface area (Å²) in [5.74, 6) is 0.893. The number of carbonyl (C=O) groups excluding carboxylic acids is 2. The van der Waals surface area contributed by atoms with Gasteiger partial charge in [0.15, 0.2) is 11.5 Å². The monoisotopic (exact) mass is 266 g/mol. The van der Waals surface area contributed by atoms with Crippen molar-refractivity contribution in [3.05, 3.63) is 23.8 Å². The van der Waals surface area contributed by atoms with Gasteiger partial charge in [-0.05, 0) is 31.0 Å². The number of hydrogen-bond donors (Lipinski definition) is 0. The summed E-state index contributed by atoms with van der Waals surface area (Å²) in [4.78, 5) is 21.6. The van der Waals surface area contributed by atoms with Crippen LogP contribution in [0.25, 0.3) is 0 Å². The molecule has 0 N–H and O–H groups in total.